The van der Waals surface area contributed by atoms with Gasteiger partial charge in [-0.2, -0.15) is 0 Å². The number of benzene rings is 2. The quantitative estimate of drug-likeness (QED) is 0.781. The maximum Gasteiger partial charge on any atom is 0.0967 e. The third-order valence-corrected chi connectivity index (χ3v) is 4.41. The number of nitrogens with zero attached hydrogens (tertiary/aromatic N) is 1. The molecule has 4 heteroatoms. The first-order valence-electron chi connectivity index (χ1n) is 6.86. The number of hydrogen-bond acceptors (Lipinski definition) is 4. The molecule has 0 bridgehead atoms. The smallest absolute Gasteiger partial charge is 0.0967 e. The summed E-state index contributed by atoms with van der Waals surface area (Å²) in [6, 6.07) is 15.9. The minimum atomic E-state index is -0.539. The summed E-state index contributed by atoms with van der Waals surface area (Å²) in [5.74, 6) is 0. The van der Waals surface area contributed by atoms with E-state index in [9.17, 15) is 5.11 Å². The normalized spacial score (nSPS) is 12.7. The van der Waals surface area contributed by atoms with Crippen molar-refractivity contribution in [2.45, 2.75) is 19.1 Å². The molecule has 3 rings (SSSR count). The number of hydrogen-bond donors (Lipinski definition) is 1. The largest absolute Gasteiger partial charge is 0.388 e. The molecule has 0 spiro atoms. The van der Waals surface area contributed by atoms with Crippen LogP contribution in [0, 0.1) is 0 Å². The Bertz CT molecular complexity index is 705. The monoisotopic (exact) mass is 299 g/mol. The molecule has 0 amide bonds. The highest BCUT2D eigenvalue weighted by Gasteiger charge is 2.12. The van der Waals surface area contributed by atoms with Gasteiger partial charge in [-0.15, -0.1) is 11.3 Å². The Kier molecular flexibility index (Phi) is 4.29. The summed E-state index contributed by atoms with van der Waals surface area (Å²) < 4.78 is 6.29. The second-order valence-corrected chi connectivity index (χ2v) is 6.09. The van der Waals surface area contributed by atoms with Crippen molar-refractivity contribution in [3.63, 3.8) is 0 Å². The standard InChI is InChI=1S/C17H17NO2S/c1-20-11-12-5-4-6-13(9-12)15(19)10-17-18-14-7-2-3-8-16(14)21-17/h2-9,15,19H,10-11H2,1H3. The first-order chi connectivity index (χ1) is 10.3. The van der Waals surface area contributed by atoms with E-state index in [4.69, 9.17) is 4.74 Å². The maximum absolute atomic E-state index is 10.4. The van der Waals surface area contributed by atoms with E-state index >= 15 is 0 Å². The zero-order valence-corrected chi connectivity index (χ0v) is 12.6. The third kappa shape index (κ3) is 3.29. The predicted molar refractivity (Wildman–Crippen MR) is 85.4 cm³/mol. The number of aliphatic hydroxyl groups is 1. The van der Waals surface area contributed by atoms with Crippen molar-refractivity contribution in [1.29, 1.82) is 0 Å². The summed E-state index contributed by atoms with van der Waals surface area (Å²) in [6.07, 6.45) is -0.00199. The predicted octanol–water partition coefficient (Wildman–Crippen LogP) is 3.72. The van der Waals surface area contributed by atoms with E-state index in [0.29, 0.717) is 13.0 Å². The fourth-order valence-corrected chi connectivity index (χ4v) is 3.35. The molecule has 1 atom stereocenters. The van der Waals surface area contributed by atoms with Gasteiger partial charge in [-0.1, -0.05) is 36.4 Å². The van der Waals surface area contributed by atoms with Crippen LogP contribution in [0.5, 0.6) is 0 Å². The van der Waals surface area contributed by atoms with Gasteiger partial charge in [0.25, 0.3) is 0 Å². The Morgan fingerprint density at radius 2 is 2.05 bits per heavy atom. The number of ether oxygens (including phenoxy) is 1. The van der Waals surface area contributed by atoms with Crippen molar-refractivity contribution < 1.29 is 9.84 Å². The molecule has 3 aromatic rings. The SMILES string of the molecule is COCc1cccc(C(O)Cc2nc3ccccc3s2)c1. The highest BCUT2D eigenvalue weighted by molar-refractivity contribution is 7.18. The fraction of sp³-hybridized carbons (Fsp3) is 0.235. The molecule has 1 heterocycles. The van der Waals surface area contributed by atoms with Crippen LogP contribution >= 0.6 is 11.3 Å². The van der Waals surface area contributed by atoms with Crippen LogP contribution in [0.2, 0.25) is 0 Å². The molecule has 0 radical (unpaired) electrons. The number of para-hydroxylation sites is 1. The molecule has 0 saturated heterocycles. The van der Waals surface area contributed by atoms with E-state index in [1.165, 1.54) is 0 Å². The molecule has 0 fully saturated rings. The number of methoxy groups -OCH3 is 1. The molecule has 1 aromatic heterocycles. The van der Waals surface area contributed by atoms with Gasteiger partial charge in [0.2, 0.25) is 0 Å². The van der Waals surface area contributed by atoms with E-state index < -0.39 is 6.10 Å². The van der Waals surface area contributed by atoms with Gasteiger partial charge in [0, 0.05) is 13.5 Å². The zero-order valence-electron chi connectivity index (χ0n) is 11.8. The zero-order chi connectivity index (χ0) is 14.7. The maximum atomic E-state index is 10.4. The number of aromatic nitrogens is 1. The molecule has 0 aliphatic rings. The van der Waals surface area contributed by atoms with E-state index in [1.54, 1.807) is 18.4 Å². The molecule has 0 aliphatic carbocycles. The number of aliphatic hydroxyl groups excluding tert-OH is 1. The average Bonchev–Trinajstić information content (AvgIpc) is 2.90. The van der Waals surface area contributed by atoms with E-state index in [0.717, 1.165) is 26.4 Å². The van der Waals surface area contributed by atoms with Gasteiger partial charge in [0.1, 0.15) is 0 Å². The third-order valence-electron chi connectivity index (χ3n) is 3.35. The molecular weight excluding hydrogens is 282 g/mol. The van der Waals surface area contributed by atoms with Crippen LogP contribution in [0.3, 0.4) is 0 Å². The summed E-state index contributed by atoms with van der Waals surface area (Å²) in [6.45, 7) is 0.557. The van der Waals surface area contributed by atoms with Crippen molar-refractivity contribution in [1.82, 2.24) is 4.98 Å². The lowest BCUT2D eigenvalue weighted by molar-refractivity contribution is 0.175. The second kappa shape index (κ2) is 6.35. The molecule has 2 aromatic carbocycles. The van der Waals surface area contributed by atoms with Crippen molar-refractivity contribution >= 4 is 21.6 Å². The van der Waals surface area contributed by atoms with Crippen molar-refractivity contribution in [2.24, 2.45) is 0 Å². The molecule has 1 unspecified atom stereocenters. The fourth-order valence-electron chi connectivity index (χ4n) is 2.35. The first-order valence-corrected chi connectivity index (χ1v) is 7.68. The van der Waals surface area contributed by atoms with E-state index in [1.807, 2.05) is 42.5 Å². The van der Waals surface area contributed by atoms with Crippen LogP contribution in [0.4, 0.5) is 0 Å². The molecule has 3 nitrogen and oxygen atoms in total. The molecular formula is C17H17NO2S. The Labute approximate surface area is 127 Å². The van der Waals surface area contributed by atoms with E-state index in [2.05, 4.69) is 11.1 Å². The average molecular weight is 299 g/mol. The molecule has 1 N–H and O–H groups in total. The van der Waals surface area contributed by atoms with Gasteiger partial charge in [-0.05, 0) is 23.3 Å². The summed E-state index contributed by atoms with van der Waals surface area (Å²) in [5, 5.41) is 11.4. The van der Waals surface area contributed by atoms with Gasteiger partial charge >= 0.3 is 0 Å². The lowest BCUT2D eigenvalue weighted by Gasteiger charge is -2.10. The van der Waals surface area contributed by atoms with Crippen LogP contribution in [0.15, 0.2) is 48.5 Å². The van der Waals surface area contributed by atoms with Gasteiger partial charge in [0.15, 0.2) is 0 Å². The summed E-state index contributed by atoms with van der Waals surface area (Å²) in [5.41, 5.74) is 2.97. The van der Waals surface area contributed by atoms with Crippen molar-refractivity contribution in [3.05, 3.63) is 64.7 Å². The molecule has 108 valence electrons. The van der Waals surface area contributed by atoms with Gasteiger partial charge in [-0.3, -0.25) is 0 Å². The minimum Gasteiger partial charge on any atom is -0.388 e. The van der Waals surface area contributed by atoms with E-state index in [-0.39, 0.29) is 0 Å². The number of fused-ring (bicyclic) bond motifs is 1. The van der Waals surface area contributed by atoms with Crippen molar-refractivity contribution in [2.75, 3.05) is 7.11 Å². The van der Waals surface area contributed by atoms with Gasteiger partial charge in [0.05, 0.1) is 27.9 Å². The minimum absolute atomic E-state index is 0.537. The Balaban J connectivity index is 1.78. The molecule has 0 saturated carbocycles. The van der Waals surface area contributed by atoms with Crippen LogP contribution in [0.25, 0.3) is 10.2 Å². The second-order valence-electron chi connectivity index (χ2n) is 4.97. The van der Waals surface area contributed by atoms with Crippen LogP contribution in [0.1, 0.15) is 22.2 Å². The lowest BCUT2D eigenvalue weighted by atomic mass is 10.0. The highest BCUT2D eigenvalue weighted by Crippen LogP contribution is 2.26. The topological polar surface area (TPSA) is 42.4 Å². The Morgan fingerprint density at radius 3 is 2.86 bits per heavy atom. The van der Waals surface area contributed by atoms with Crippen LogP contribution in [-0.4, -0.2) is 17.2 Å². The molecule has 21 heavy (non-hydrogen) atoms. The summed E-state index contributed by atoms with van der Waals surface area (Å²) in [4.78, 5) is 4.57. The van der Waals surface area contributed by atoms with Crippen molar-refractivity contribution in [3.8, 4) is 0 Å². The summed E-state index contributed by atoms with van der Waals surface area (Å²) in [7, 11) is 1.67. The molecule has 0 aliphatic heterocycles. The van der Waals surface area contributed by atoms with Gasteiger partial charge < -0.3 is 9.84 Å². The van der Waals surface area contributed by atoms with Gasteiger partial charge in [-0.25, -0.2) is 4.98 Å². The lowest BCUT2D eigenvalue weighted by Crippen LogP contribution is -2.02. The Morgan fingerprint density at radius 1 is 1.19 bits per heavy atom. The Hall–Kier alpha value is -1.75. The van der Waals surface area contributed by atoms with Crippen LogP contribution in [-0.2, 0) is 17.8 Å². The highest BCUT2D eigenvalue weighted by atomic mass is 32.1. The van der Waals surface area contributed by atoms with Crippen LogP contribution < -0.4 is 0 Å². The summed E-state index contributed by atoms with van der Waals surface area (Å²) >= 11 is 1.64. The first kappa shape index (κ1) is 14.2. The number of thiazole rings is 1. The number of rotatable bonds is 5.